The van der Waals surface area contributed by atoms with E-state index in [1.54, 1.807) is 0 Å². The molecule has 0 aliphatic heterocycles. The van der Waals surface area contributed by atoms with Crippen molar-refractivity contribution in [3.05, 3.63) is 52.8 Å². The second kappa shape index (κ2) is 4.49. The summed E-state index contributed by atoms with van der Waals surface area (Å²) in [6, 6.07) is 10.2. The molecule has 0 radical (unpaired) electrons. The highest BCUT2D eigenvalue weighted by Gasteiger charge is 2.04. The fraction of sp³-hybridized carbons (Fsp3) is 0.250. The van der Waals surface area contributed by atoms with Gasteiger partial charge in [0.15, 0.2) is 0 Å². The molecule has 0 aliphatic rings. The van der Waals surface area contributed by atoms with E-state index < -0.39 is 0 Å². The molecule has 1 aromatic carbocycles. The lowest BCUT2D eigenvalue weighted by Crippen LogP contribution is -2.00. The summed E-state index contributed by atoms with van der Waals surface area (Å²) < 4.78 is 1.89. The molecule has 0 unspecified atom stereocenters. The molecule has 15 heavy (non-hydrogen) atoms. The molecule has 0 saturated heterocycles. The maximum atomic E-state index is 6.03. The third-order valence-electron chi connectivity index (χ3n) is 2.31. The minimum atomic E-state index is 0.758. The minimum Gasteiger partial charge on any atom is -0.267 e. The van der Waals surface area contributed by atoms with Gasteiger partial charge in [0.05, 0.1) is 17.3 Å². The van der Waals surface area contributed by atoms with Crippen molar-refractivity contribution in [1.82, 2.24) is 9.78 Å². The van der Waals surface area contributed by atoms with E-state index in [2.05, 4.69) is 24.2 Å². The molecule has 1 aromatic heterocycles. The van der Waals surface area contributed by atoms with E-state index in [-0.39, 0.29) is 0 Å². The summed E-state index contributed by atoms with van der Waals surface area (Å²) in [7, 11) is 0. The van der Waals surface area contributed by atoms with E-state index in [4.69, 9.17) is 11.6 Å². The van der Waals surface area contributed by atoms with Gasteiger partial charge < -0.3 is 0 Å². The molecular formula is C12H13ClN2. The van der Waals surface area contributed by atoms with Crippen LogP contribution in [0.2, 0.25) is 5.02 Å². The average molecular weight is 221 g/mol. The normalized spacial score (nSPS) is 10.5. The standard InChI is InChI=1S/C12H13ClN2/c1-2-12-11(13)9-15(14-12)8-10-6-4-3-5-7-10/h3-7,9H,2,8H2,1H3. The fourth-order valence-electron chi connectivity index (χ4n) is 1.53. The van der Waals surface area contributed by atoms with Gasteiger partial charge in [-0.25, -0.2) is 0 Å². The van der Waals surface area contributed by atoms with Crippen LogP contribution in [0.5, 0.6) is 0 Å². The first-order chi connectivity index (χ1) is 7.29. The first kappa shape index (κ1) is 10.2. The number of halogens is 1. The number of aryl methyl sites for hydroxylation is 1. The predicted molar refractivity (Wildman–Crippen MR) is 62.2 cm³/mol. The van der Waals surface area contributed by atoms with Crippen molar-refractivity contribution in [3.8, 4) is 0 Å². The highest BCUT2D eigenvalue weighted by molar-refractivity contribution is 6.31. The summed E-state index contributed by atoms with van der Waals surface area (Å²) in [6.07, 6.45) is 2.76. The summed E-state index contributed by atoms with van der Waals surface area (Å²) in [5.41, 5.74) is 2.20. The molecule has 0 aliphatic carbocycles. The van der Waals surface area contributed by atoms with Gasteiger partial charge in [0.1, 0.15) is 0 Å². The van der Waals surface area contributed by atoms with Gasteiger partial charge in [0, 0.05) is 6.20 Å². The first-order valence-electron chi connectivity index (χ1n) is 5.05. The molecule has 0 saturated carbocycles. The van der Waals surface area contributed by atoms with Crippen molar-refractivity contribution < 1.29 is 0 Å². The summed E-state index contributed by atoms with van der Waals surface area (Å²) in [5.74, 6) is 0. The third kappa shape index (κ3) is 2.39. The minimum absolute atomic E-state index is 0.758. The van der Waals surface area contributed by atoms with Crippen molar-refractivity contribution in [1.29, 1.82) is 0 Å². The van der Waals surface area contributed by atoms with E-state index in [9.17, 15) is 0 Å². The zero-order valence-electron chi connectivity index (χ0n) is 8.65. The number of aromatic nitrogens is 2. The number of rotatable bonds is 3. The van der Waals surface area contributed by atoms with Crippen LogP contribution in [-0.2, 0) is 13.0 Å². The molecule has 2 aromatic rings. The predicted octanol–water partition coefficient (Wildman–Crippen LogP) is 3.15. The molecule has 0 spiro atoms. The van der Waals surface area contributed by atoms with Crippen LogP contribution in [0.15, 0.2) is 36.5 Å². The van der Waals surface area contributed by atoms with Crippen molar-refractivity contribution in [2.75, 3.05) is 0 Å². The van der Waals surface area contributed by atoms with Crippen molar-refractivity contribution in [2.24, 2.45) is 0 Å². The molecule has 0 N–H and O–H groups in total. The maximum absolute atomic E-state index is 6.03. The Labute approximate surface area is 94.5 Å². The van der Waals surface area contributed by atoms with Gasteiger partial charge in [-0.3, -0.25) is 4.68 Å². The molecule has 2 nitrogen and oxygen atoms in total. The number of benzene rings is 1. The van der Waals surface area contributed by atoms with Crippen molar-refractivity contribution in [3.63, 3.8) is 0 Å². The highest BCUT2D eigenvalue weighted by atomic mass is 35.5. The van der Waals surface area contributed by atoms with Gasteiger partial charge in [0.2, 0.25) is 0 Å². The zero-order valence-corrected chi connectivity index (χ0v) is 9.41. The van der Waals surface area contributed by atoms with Crippen LogP contribution in [0.3, 0.4) is 0 Å². The van der Waals surface area contributed by atoms with Gasteiger partial charge in [-0.2, -0.15) is 5.10 Å². The number of hydrogen-bond acceptors (Lipinski definition) is 1. The molecule has 0 amide bonds. The quantitative estimate of drug-likeness (QED) is 0.777. The highest BCUT2D eigenvalue weighted by Crippen LogP contribution is 2.15. The Balaban J connectivity index is 2.18. The number of hydrogen-bond donors (Lipinski definition) is 0. The van der Waals surface area contributed by atoms with Gasteiger partial charge in [-0.15, -0.1) is 0 Å². The van der Waals surface area contributed by atoms with Crippen molar-refractivity contribution >= 4 is 11.6 Å². The second-order valence-corrected chi connectivity index (χ2v) is 3.87. The van der Waals surface area contributed by atoms with Crippen LogP contribution in [0.25, 0.3) is 0 Å². The summed E-state index contributed by atoms with van der Waals surface area (Å²) in [4.78, 5) is 0. The van der Waals surface area contributed by atoms with Crippen LogP contribution in [0.1, 0.15) is 18.2 Å². The zero-order chi connectivity index (χ0) is 10.7. The van der Waals surface area contributed by atoms with E-state index in [1.165, 1.54) is 5.56 Å². The van der Waals surface area contributed by atoms with Crippen LogP contribution >= 0.6 is 11.6 Å². The Kier molecular flexibility index (Phi) is 3.07. The molecule has 3 heteroatoms. The van der Waals surface area contributed by atoms with E-state index in [0.29, 0.717) is 0 Å². The van der Waals surface area contributed by atoms with E-state index in [0.717, 1.165) is 23.7 Å². The summed E-state index contributed by atoms with van der Waals surface area (Å²) >= 11 is 6.03. The van der Waals surface area contributed by atoms with Gasteiger partial charge >= 0.3 is 0 Å². The Hall–Kier alpha value is -1.28. The van der Waals surface area contributed by atoms with E-state index >= 15 is 0 Å². The molecule has 1 heterocycles. The SMILES string of the molecule is CCc1nn(Cc2ccccc2)cc1Cl. The lowest BCUT2D eigenvalue weighted by atomic mass is 10.2. The summed E-state index contributed by atoms with van der Waals surface area (Å²) in [6.45, 7) is 2.83. The lowest BCUT2D eigenvalue weighted by molar-refractivity contribution is 0.673. The molecule has 0 fully saturated rings. The monoisotopic (exact) mass is 220 g/mol. The average Bonchev–Trinajstić information content (AvgIpc) is 2.60. The Bertz CT molecular complexity index is 434. The third-order valence-corrected chi connectivity index (χ3v) is 2.63. The Morgan fingerprint density at radius 2 is 2.00 bits per heavy atom. The van der Waals surface area contributed by atoms with Gasteiger partial charge in [-0.05, 0) is 12.0 Å². The lowest BCUT2D eigenvalue weighted by Gasteiger charge is -2.00. The van der Waals surface area contributed by atoms with Crippen LogP contribution < -0.4 is 0 Å². The smallest absolute Gasteiger partial charge is 0.0817 e. The second-order valence-electron chi connectivity index (χ2n) is 3.46. The largest absolute Gasteiger partial charge is 0.267 e. The van der Waals surface area contributed by atoms with Crippen LogP contribution in [0.4, 0.5) is 0 Å². The first-order valence-corrected chi connectivity index (χ1v) is 5.43. The molecule has 2 rings (SSSR count). The topological polar surface area (TPSA) is 17.8 Å². The van der Waals surface area contributed by atoms with Gasteiger partial charge in [0.25, 0.3) is 0 Å². The fourth-order valence-corrected chi connectivity index (χ4v) is 1.81. The molecule has 0 atom stereocenters. The maximum Gasteiger partial charge on any atom is 0.0817 e. The van der Waals surface area contributed by atoms with Crippen LogP contribution in [-0.4, -0.2) is 9.78 Å². The Morgan fingerprint density at radius 1 is 1.27 bits per heavy atom. The Morgan fingerprint density at radius 3 is 2.60 bits per heavy atom. The molecule has 78 valence electrons. The molecular weight excluding hydrogens is 208 g/mol. The number of nitrogens with zero attached hydrogens (tertiary/aromatic N) is 2. The van der Waals surface area contributed by atoms with Crippen molar-refractivity contribution in [2.45, 2.75) is 19.9 Å². The van der Waals surface area contributed by atoms with E-state index in [1.807, 2.05) is 29.1 Å². The van der Waals surface area contributed by atoms with Crippen LogP contribution in [0, 0.1) is 0 Å². The molecule has 0 bridgehead atoms. The summed E-state index contributed by atoms with van der Waals surface area (Å²) in [5, 5.41) is 5.17. The van der Waals surface area contributed by atoms with Gasteiger partial charge in [-0.1, -0.05) is 48.9 Å².